The summed E-state index contributed by atoms with van der Waals surface area (Å²) < 4.78 is 55.4. The van der Waals surface area contributed by atoms with E-state index in [0.29, 0.717) is 12.1 Å². The molecule has 3 rings (SSSR count). The standard InChI is InChI=1S/C26H28N2O4S2/c1-3-4-20-27(33(29,30)26-18-16-23(2)17-19-26)21-11-22-28(24-12-7-5-8-13-24)34(31,32)25-14-9-6-10-15-25/h5-10,12-19H,3-4,20,22H2,1-2H3. The van der Waals surface area contributed by atoms with Crippen molar-refractivity contribution in [3.8, 4) is 12.0 Å². The molecule has 0 bridgehead atoms. The molecule has 8 heteroatoms. The molecule has 0 aliphatic heterocycles. The average Bonchev–Trinajstić information content (AvgIpc) is 2.84. The molecule has 0 aliphatic rings. The second-order valence-electron chi connectivity index (χ2n) is 7.69. The first-order valence-corrected chi connectivity index (χ1v) is 13.9. The third-order valence-electron chi connectivity index (χ3n) is 5.13. The SMILES string of the molecule is CCCCN(C#CCN(c1ccccc1)S(=O)(=O)c1ccccc1)S(=O)(=O)c1ccc(C)cc1. The van der Waals surface area contributed by atoms with Crippen LogP contribution in [0.3, 0.4) is 0 Å². The van der Waals surface area contributed by atoms with Crippen LogP contribution in [-0.2, 0) is 20.0 Å². The van der Waals surface area contributed by atoms with Crippen LogP contribution in [0.4, 0.5) is 5.69 Å². The minimum Gasteiger partial charge on any atom is -0.254 e. The smallest absolute Gasteiger partial charge is 0.254 e. The summed E-state index contributed by atoms with van der Waals surface area (Å²) >= 11 is 0. The van der Waals surface area contributed by atoms with Gasteiger partial charge in [-0.25, -0.2) is 21.1 Å². The normalized spacial score (nSPS) is 11.4. The van der Waals surface area contributed by atoms with Crippen LogP contribution in [0.2, 0.25) is 0 Å². The molecule has 0 amide bonds. The summed E-state index contributed by atoms with van der Waals surface area (Å²) in [6.45, 7) is 3.87. The number of hydrogen-bond donors (Lipinski definition) is 0. The highest BCUT2D eigenvalue weighted by Crippen LogP contribution is 2.23. The largest absolute Gasteiger partial charge is 0.270 e. The number of rotatable bonds is 9. The Kier molecular flexibility index (Phi) is 8.37. The summed E-state index contributed by atoms with van der Waals surface area (Å²) in [6, 6.07) is 26.0. The molecular formula is C26H28N2O4S2. The maximum absolute atomic E-state index is 13.4. The maximum atomic E-state index is 13.4. The van der Waals surface area contributed by atoms with Crippen LogP contribution in [-0.4, -0.2) is 34.2 Å². The van der Waals surface area contributed by atoms with E-state index in [1.807, 2.05) is 13.8 Å². The monoisotopic (exact) mass is 496 g/mol. The second kappa shape index (κ2) is 11.2. The van der Waals surface area contributed by atoms with E-state index >= 15 is 0 Å². The van der Waals surface area contributed by atoms with Crippen LogP contribution >= 0.6 is 0 Å². The van der Waals surface area contributed by atoms with E-state index < -0.39 is 20.0 Å². The zero-order valence-electron chi connectivity index (χ0n) is 19.3. The molecule has 0 unspecified atom stereocenters. The van der Waals surface area contributed by atoms with E-state index in [1.54, 1.807) is 72.8 Å². The van der Waals surface area contributed by atoms with Gasteiger partial charge >= 0.3 is 0 Å². The van der Waals surface area contributed by atoms with Gasteiger partial charge in [0.25, 0.3) is 20.0 Å². The predicted octanol–water partition coefficient (Wildman–Crippen LogP) is 4.64. The first-order chi connectivity index (χ1) is 16.3. The van der Waals surface area contributed by atoms with Gasteiger partial charge in [0.05, 0.1) is 22.0 Å². The highest BCUT2D eigenvalue weighted by Gasteiger charge is 2.25. The number of para-hydroxylation sites is 1. The molecule has 0 saturated carbocycles. The van der Waals surface area contributed by atoms with Gasteiger partial charge in [-0.05, 0) is 49.7 Å². The Labute approximate surface area is 203 Å². The van der Waals surface area contributed by atoms with E-state index in [2.05, 4.69) is 12.0 Å². The molecule has 0 aromatic heterocycles. The number of anilines is 1. The lowest BCUT2D eigenvalue weighted by Crippen LogP contribution is -2.32. The molecule has 3 aromatic rings. The van der Waals surface area contributed by atoms with Crippen LogP contribution in [0, 0.1) is 18.9 Å². The number of nitrogens with zero attached hydrogens (tertiary/aromatic N) is 2. The van der Waals surface area contributed by atoms with E-state index in [9.17, 15) is 16.8 Å². The van der Waals surface area contributed by atoms with Crippen molar-refractivity contribution in [2.45, 2.75) is 36.5 Å². The van der Waals surface area contributed by atoms with Crippen molar-refractivity contribution in [1.29, 1.82) is 0 Å². The fourth-order valence-corrected chi connectivity index (χ4v) is 5.88. The Morgan fingerprint density at radius 3 is 1.88 bits per heavy atom. The molecule has 0 N–H and O–H groups in total. The molecule has 0 spiro atoms. The Morgan fingerprint density at radius 1 is 0.735 bits per heavy atom. The van der Waals surface area contributed by atoms with Crippen LogP contribution in [0.25, 0.3) is 0 Å². The molecule has 0 fully saturated rings. The van der Waals surface area contributed by atoms with Gasteiger partial charge in [-0.15, -0.1) is 0 Å². The molecule has 6 nitrogen and oxygen atoms in total. The zero-order valence-corrected chi connectivity index (χ0v) is 20.9. The minimum atomic E-state index is -3.90. The topological polar surface area (TPSA) is 74.8 Å². The van der Waals surface area contributed by atoms with Crippen LogP contribution in [0.1, 0.15) is 25.3 Å². The lowest BCUT2D eigenvalue weighted by molar-refractivity contribution is 0.499. The van der Waals surface area contributed by atoms with Crippen molar-refractivity contribution in [3.63, 3.8) is 0 Å². The number of hydrogen-bond acceptors (Lipinski definition) is 4. The molecule has 178 valence electrons. The van der Waals surface area contributed by atoms with Crippen LogP contribution < -0.4 is 4.31 Å². The molecule has 0 aliphatic carbocycles. The maximum Gasteiger partial charge on any atom is 0.270 e. The lowest BCUT2D eigenvalue weighted by Gasteiger charge is -2.22. The molecule has 0 saturated heterocycles. The van der Waals surface area contributed by atoms with Crippen molar-refractivity contribution in [3.05, 3.63) is 90.5 Å². The Morgan fingerprint density at radius 2 is 1.29 bits per heavy atom. The van der Waals surface area contributed by atoms with Crippen LogP contribution in [0.15, 0.2) is 94.7 Å². The summed E-state index contributed by atoms with van der Waals surface area (Å²) in [4.78, 5) is 0.288. The Bertz CT molecular complexity index is 1350. The lowest BCUT2D eigenvalue weighted by atomic mass is 10.2. The predicted molar refractivity (Wildman–Crippen MR) is 135 cm³/mol. The van der Waals surface area contributed by atoms with E-state index in [1.165, 1.54) is 16.4 Å². The average molecular weight is 497 g/mol. The third-order valence-corrected chi connectivity index (χ3v) is 8.64. The van der Waals surface area contributed by atoms with Gasteiger partial charge in [-0.3, -0.25) is 4.31 Å². The van der Waals surface area contributed by atoms with Crippen molar-refractivity contribution in [2.24, 2.45) is 0 Å². The zero-order chi connectivity index (χ0) is 24.6. The summed E-state index contributed by atoms with van der Waals surface area (Å²) in [7, 11) is -7.75. The summed E-state index contributed by atoms with van der Waals surface area (Å²) in [5.74, 6) is 2.80. The molecule has 0 radical (unpaired) electrons. The van der Waals surface area contributed by atoms with Gasteiger partial charge in [0, 0.05) is 12.6 Å². The van der Waals surface area contributed by atoms with Crippen LogP contribution in [0.5, 0.6) is 0 Å². The summed E-state index contributed by atoms with van der Waals surface area (Å²) in [5.41, 5.74) is 1.40. The Hall–Kier alpha value is -3.28. The van der Waals surface area contributed by atoms with E-state index in [0.717, 1.165) is 16.3 Å². The van der Waals surface area contributed by atoms with Gasteiger partial charge < -0.3 is 0 Å². The number of aryl methyl sites for hydroxylation is 1. The fraction of sp³-hybridized carbons (Fsp3) is 0.231. The van der Waals surface area contributed by atoms with Crippen molar-refractivity contribution >= 4 is 25.7 Å². The molecular weight excluding hydrogens is 468 g/mol. The van der Waals surface area contributed by atoms with Crippen molar-refractivity contribution in [2.75, 3.05) is 17.4 Å². The van der Waals surface area contributed by atoms with Crippen molar-refractivity contribution < 1.29 is 16.8 Å². The number of unbranched alkanes of at least 4 members (excludes halogenated alkanes) is 1. The van der Waals surface area contributed by atoms with E-state index in [4.69, 9.17) is 0 Å². The quantitative estimate of drug-likeness (QED) is 0.319. The molecule has 3 aromatic carbocycles. The first kappa shape index (κ1) is 25.3. The highest BCUT2D eigenvalue weighted by molar-refractivity contribution is 7.92. The fourth-order valence-electron chi connectivity index (χ4n) is 3.20. The Balaban J connectivity index is 1.96. The molecule has 34 heavy (non-hydrogen) atoms. The third kappa shape index (κ3) is 5.99. The number of benzene rings is 3. The summed E-state index contributed by atoms with van der Waals surface area (Å²) in [6.07, 6.45) is 1.42. The number of sulfonamides is 2. The van der Waals surface area contributed by atoms with Gasteiger partial charge in [0.2, 0.25) is 0 Å². The van der Waals surface area contributed by atoms with Gasteiger partial charge in [-0.1, -0.05) is 73.4 Å². The first-order valence-electron chi connectivity index (χ1n) is 11.0. The highest BCUT2D eigenvalue weighted by atomic mass is 32.2. The molecule has 0 heterocycles. The summed E-state index contributed by atoms with van der Waals surface area (Å²) in [5, 5.41) is 0. The van der Waals surface area contributed by atoms with Gasteiger partial charge in [-0.2, -0.15) is 0 Å². The minimum absolute atomic E-state index is 0.135. The van der Waals surface area contributed by atoms with Gasteiger partial charge in [0.15, 0.2) is 0 Å². The van der Waals surface area contributed by atoms with E-state index in [-0.39, 0.29) is 22.9 Å². The molecule has 0 atom stereocenters. The second-order valence-corrected chi connectivity index (χ2v) is 11.4. The van der Waals surface area contributed by atoms with Crippen molar-refractivity contribution in [1.82, 2.24) is 4.31 Å². The van der Waals surface area contributed by atoms with Gasteiger partial charge in [0.1, 0.15) is 0 Å².